The van der Waals surface area contributed by atoms with Crippen molar-refractivity contribution >= 4 is 48.7 Å². The number of carboxylic acid groups (broad SMARTS) is 1. The fourth-order valence-corrected chi connectivity index (χ4v) is 2.97. The summed E-state index contributed by atoms with van der Waals surface area (Å²) in [5, 5.41) is 10.8. The average Bonchev–Trinajstić information content (AvgIpc) is 2.87. The van der Waals surface area contributed by atoms with Crippen LogP contribution in [0.2, 0.25) is 0 Å². The van der Waals surface area contributed by atoms with Crippen LogP contribution in [0.4, 0.5) is 13.2 Å². The number of allylic oxidation sites excluding steroid dienone is 1. The van der Waals surface area contributed by atoms with E-state index in [0.717, 1.165) is 20.0 Å². The van der Waals surface area contributed by atoms with Gasteiger partial charge in [-0.2, -0.15) is 17.7 Å². The lowest BCUT2D eigenvalue weighted by Crippen LogP contribution is -2.37. The number of nitrogens with zero attached hydrogens (tertiary/aromatic N) is 1. The third-order valence-corrected chi connectivity index (χ3v) is 4.22. The zero-order valence-corrected chi connectivity index (χ0v) is 13.7. The Balaban J connectivity index is 0.000000236. The van der Waals surface area contributed by atoms with Crippen LogP contribution in [0.1, 0.15) is 16.2 Å². The maximum Gasteiger partial charge on any atom is 0.430 e. The van der Waals surface area contributed by atoms with Gasteiger partial charge < -0.3 is 20.6 Å². The quantitative estimate of drug-likeness (QED) is 0.463. The number of hydrogen-bond donors (Lipinski definition) is 2. The topological polar surface area (TPSA) is 103 Å². The predicted molar refractivity (Wildman–Crippen MR) is 80.0 cm³/mol. The molecule has 0 aromatic carbocycles. The van der Waals surface area contributed by atoms with Crippen LogP contribution in [-0.4, -0.2) is 22.9 Å². The summed E-state index contributed by atoms with van der Waals surface area (Å²) in [7, 11) is 1.95. The number of halogens is 4. The number of aromatic nitrogens is 2. The van der Waals surface area contributed by atoms with E-state index in [4.69, 9.17) is 15.6 Å². The van der Waals surface area contributed by atoms with Gasteiger partial charge >= 0.3 is 6.18 Å². The molecule has 3 N–H and O–H groups in total. The number of H-pyrrole nitrogens is 1. The lowest BCUT2D eigenvalue weighted by atomic mass is 10.0. The van der Waals surface area contributed by atoms with E-state index in [1.807, 2.05) is 30.1 Å². The van der Waals surface area contributed by atoms with Gasteiger partial charge in [-0.3, -0.25) is 4.79 Å². The molecule has 2 heterocycles. The molecule has 0 saturated heterocycles. The molecule has 10 heteroatoms. The summed E-state index contributed by atoms with van der Waals surface area (Å²) < 4.78 is 34.4. The molecule has 122 valence electrons. The van der Waals surface area contributed by atoms with Crippen LogP contribution in [-0.2, 0) is 11.8 Å². The zero-order valence-electron chi connectivity index (χ0n) is 11.5. The highest BCUT2D eigenvalue weighted by Gasteiger charge is 2.32. The normalized spacial score (nSPS) is 13.9. The van der Waals surface area contributed by atoms with Crippen LogP contribution < -0.4 is 15.4 Å². The number of hydrogen-bond acceptors (Lipinski definition) is 4. The number of aryl methyl sites for hydroxylation is 1. The molecule has 0 saturated carbocycles. The van der Waals surface area contributed by atoms with Gasteiger partial charge in [-0.25, -0.2) is 0 Å². The minimum absolute atomic E-state index is 0.113. The van der Waals surface area contributed by atoms with Crippen molar-refractivity contribution in [1.82, 2.24) is 4.98 Å². The molecule has 0 unspecified atom stereocenters. The monoisotopic (exact) mass is 439 g/mol. The van der Waals surface area contributed by atoms with Gasteiger partial charge in [0.25, 0.3) is 0 Å². The van der Waals surface area contributed by atoms with Gasteiger partial charge in [0.05, 0.1) is 5.39 Å². The van der Waals surface area contributed by atoms with Crippen LogP contribution in [0.5, 0.6) is 0 Å². The van der Waals surface area contributed by atoms with Gasteiger partial charge in [0.15, 0.2) is 6.20 Å². The molecule has 1 aliphatic rings. The molecular weight excluding hydrogens is 430 g/mol. The van der Waals surface area contributed by atoms with E-state index >= 15 is 0 Å². The van der Waals surface area contributed by atoms with Crippen molar-refractivity contribution < 1.29 is 32.4 Å². The van der Waals surface area contributed by atoms with Crippen LogP contribution in [0.25, 0.3) is 14.4 Å². The standard InChI is InChI=1S/C11H8IN3O.C2HF3O2/c1-15-3-2-5-4-14-9-6(5)10(15)7(12)8(13)11(9)16;3-2(4,5)1(6)7/h2-4H,1H3,(H2,13,14,16);(H,6,7). The number of carboxylic acids is 1. The van der Waals surface area contributed by atoms with E-state index in [0.29, 0.717) is 11.4 Å². The van der Waals surface area contributed by atoms with E-state index in [1.54, 1.807) is 0 Å². The highest BCUT2D eigenvalue weighted by molar-refractivity contribution is 14.1. The van der Waals surface area contributed by atoms with E-state index in [2.05, 4.69) is 27.6 Å². The number of nitrogens with two attached hydrogens (primary N) is 1. The first kappa shape index (κ1) is 17.2. The lowest BCUT2D eigenvalue weighted by molar-refractivity contribution is -0.672. The molecule has 2 aromatic heterocycles. The molecule has 6 nitrogen and oxygen atoms in total. The number of ketones is 1. The minimum atomic E-state index is -5.19. The largest absolute Gasteiger partial charge is 0.542 e. The van der Waals surface area contributed by atoms with Crippen molar-refractivity contribution in [1.29, 1.82) is 0 Å². The predicted octanol–water partition coefficient (Wildman–Crippen LogP) is 0.550. The highest BCUT2D eigenvalue weighted by Crippen LogP contribution is 2.35. The number of aromatic amines is 1. The molecule has 0 fully saturated rings. The molecule has 0 aliphatic heterocycles. The Morgan fingerprint density at radius 1 is 1.43 bits per heavy atom. The second kappa shape index (κ2) is 5.83. The summed E-state index contributed by atoms with van der Waals surface area (Å²) in [6.45, 7) is 0. The molecule has 0 spiro atoms. The molecule has 0 atom stereocenters. The van der Waals surface area contributed by atoms with Crippen LogP contribution in [0, 0.1) is 0 Å². The SMILES string of the molecule is C[n+]1ccc2c[nH]c3c2c1C(I)=C(N)C3=O.O=C([O-])C(F)(F)F. The van der Waals surface area contributed by atoms with Crippen LogP contribution in [0.15, 0.2) is 24.2 Å². The fourth-order valence-electron chi connectivity index (χ4n) is 2.07. The van der Waals surface area contributed by atoms with E-state index < -0.39 is 12.1 Å². The molecular formula is C13H9F3IN3O3. The summed E-state index contributed by atoms with van der Waals surface area (Å²) in [4.78, 5) is 23.7. The van der Waals surface area contributed by atoms with E-state index in [9.17, 15) is 18.0 Å². The van der Waals surface area contributed by atoms with Gasteiger partial charge in [0.1, 0.15) is 28.0 Å². The Morgan fingerprint density at radius 3 is 2.52 bits per heavy atom. The van der Waals surface area contributed by atoms with Crippen molar-refractivity contribution in [2.45, 2.75) is 6.18 Å². The average molecular weight is 439 g/mol. The first-order chi connectivity index (χ1) is 10.6. The van der Waals surface area contributed by atoms with E-state index in [1.165, 1.54) is 0 Å². The van der Waals surface area contributed by atoms with Gasteiger partial charge in [0, 0.05) is 17.6 Å². The van der Waals surface area contributed by atoms with Crippen molar-refractivity contribution in [2.24, 2.45) is 12.8 Å². The molecule has 0 bridgehead atoms. The first-order valence-corrected chi connectivity index (χ1v) is 7.11. The van der Waals surface area contributed by atoms with E-state index in [-0.39, 0.29) is 5.78 Å². The third-order valence-electron chi connectivity index (χ3n) is 3.13. The second-order valence-electron chi connectivity index (χ2n) is 4.61. The Kier molecular flexibility index (Phi) is 4.37. The van der Waals surface area contributed by atoms with Crippen LogP contribution in [0.3, 0.4) is 0 Å². The van der Waals surface area contributed by atoms with Gasteiger partial charge in [-0.1, -0.05) is 0 Å². The summed E-state index contributed by atoms with van der Waals surface area (Å²) in [5.41, 5.74) is 7.75. The van der Waals surface area contributed by atoms with Crippen molar-refractivity contribution in [3.63, 3.8) is 0 Å². The number of alkyl halides is 3. The van der Waals surface area contributed by atoms with Gasteiger partial charge in [-0.05, 0) is 22.6 Å². The summed E-state index contributed by atoms with van der Waals surface area (Å²) >= 11 is 2.13. The summed E-state index contributed by atoms with van der Waals surface area (Å²) in [6, 6.07) is 1.98. The number of pyridine rings is 1. The number of carbonyl (C=O) groups excluding carboxylic acids is 2. The molecule has 0 radical (unpaired) electrons. The van der Waals surface area contributed by atoms with Crippen molar-refractivity contribution in [3.05, 3.63) is 35.5 Å². The Hall–Kier alpha value is -2.11. The van der Waals surface area contributed by atoms with Gasteiger partial charge in [-0.15, -0.1) is 0 Å². The molecule has 0 amide bonds. The third kappa shape index (κ3) is 3.02. The molecule has 1 aliphatic carbocycles. The Morgan fingerprint density at radius 2 is 2.00 bits per heavy atom. The van der Waals surface area contributed by atoms with Crippen molar-refractivity contribution in [2.75, 3.05) is 0 Å². The van der Waals surface area contributed by atoms with Gasteiger partial charge in [0.2, 0.25) is 11.5 Å². The summed E-state index contributed by atoms with van der Waals surface area (Å²) in [5.74, 6) is -3.12. The van der Waals surface area contributed by atoms with Crippen molar-refractivity contribution in [3.8, 4) is 0 Å². The number of rotatable bonds is 0. The molecule has 23 heavy (non-hydrogen) atoms. The van der Waals surface area contributed by atoms with Crippen LogP contribution >= 0.6 is 22.6 Å². The maximum absolute atomic E-state index is 12.0. The molecule has 2 aromatic rings. The highest BCUT2D eigenvalue weighted by atomic mass is 127. The smallest absolute Gasteiger partial charge is 0.430 e. The Bertz CT molecular complexity index is 855. The summed E-state index contributed by atoms with van der Waals surface area (Å²) in [6.07, 6.45) is -1.38. The number of nitrogens with one attached hydrogen (secondary N) is 1. The first-order valence-electron chi connectivity index (χ1n) is 6.04. The maximum atomic E-state index is 12.0. The molecule has 3 rings (SSSR count). The zero-order chi connectivity index (χ0) is 17.5. The number of aliphatic carboxylic acids is 1. The lowest BCUT2D eigenvalue weighted by Gasteiger charge is -2.11. The minimum Gasteiger partial charge on any atom is -0.542 e. The Labute approximate surface area is 140 Å². The number of carbonyl (C=O) groups is 2. The fraction of sp³-hybridized carbons (Fsp3) is 0.154. The second-order valence-corrected chi connectivity index (χ2v) is 5.69. The number of Topliss-reactive ketones (excluding diaryl/α,β-unsaturated/α-hetero) is 1.